The number of ether oxygens (including phenoxy) is 1. The van der Waals surface area contributed by atoms with E-state index in [1.54, 1.807) is 18.1 Å². The van der Waals surface area contributed by atoms with Gasteiger partial charge >= 0.3 is 0 Å². The molecule has 0 N–H and O–H groups in total. The van der Waals surface area contributed by atoms with Crippen molar-refractivity contribution >= 4 is 11.8 Å². The van der Waals surface area contributed by atoms with Gasteiger partial charge in [0.15, 0.2) is 0 Å². The van der Waals surface area contributed by atoms with Gasteiger partial charge in [0, 0.05) is 19.6 Å². The zero-order chi connectivity index (χ0) is 17.1. The van der Waals surface area contributed by atoms with Crippen molar-refractivity contribution in [2.75, 3.05) is 26.7 Å². The van der Waals surface area contributed by atoms with E-state index in [0.29, 0.717) is 17.9 Å². The van der Waals surface area contributed by atoms with Gasteiger partial charge in [0.1, 0.15) is 11.8 Å². The summed E-state index contributed by atoms with van der Waals surface area (Å²) in [5.41, 5.74) is 1.47. The van der Waals surface area contributed by atoms with Crippen molar-refractivity contribution in [2.45, 2.75) is 45.1 Å². The quantitative estimate of drug-likeness (QED) is 0.856. The lowest BCUT2D eigenvalue weighted by atomic mass is 10.0. The fourth-order valence-electron chi connectivity index (χ4n) is 3.82. The van der Waals surface area contributed by atoms with E-state index in [1.165, 1.54) is 6.42 Å². The first-order chi connectivity index (χ1) is 11.6. The Morgan fingerprint density at radius 3 is 2.54 bits per heavy atom. The fourth-order valence-corrected chi connectivity index (χ4v) is 3.82. The minimum atomic E-state index is -0.320. The highest BCUT2D eigenvalue weighted by Crippen LogP contribution is 2.28. The summed E-state index contributed by atoms with van der Waals surface area (Å²) in [5, 5.41) is 0. The molecule has 5 nitrogen and oxygen atoms in total. The Morgan fingerprint density at radius 1 is 1.08 bits per heavy atom. The summed E-state index contributed by atoms with van der Waals surface area (Å²) in [6.07, 6.45) is 4.97. The van der Waals surface area contributed by atoms with Crippen molar-refractivity contribution in [3.05, 3.63) is 29.3 Å². The summed E-state index contributed by atoms with van der Waals surface area (Å²) in [6, 6.07) is 5.27. The van der Waals surface area contributed by atoms with Crippen molar-refractivity contribution in [1.82, 2.24) is 9.80 Å². The van der Waals surface area contributed by atoms with E-state index in [9.17, 15) is 9.59 Å². The molecule has 0 spiro atoms. The first kappa shape index (κ1) is 16.8. The normalized spacial score (nSPS) is 21.0. The Labute approximate surface area is 143 Å². The van der Waals surface area contributed by atoms with Gasteiger partial charge < -0.3 is 14.5 Å². The first-order valence-corrected chi connectivity index (χ1v) is 8.87. The van der Waals surface area contributed by atoms with Crippen LogP contribution in [0, 0.1) is 6.92 Å². The Kier molecular flexibility index (Phi) is 5.07. The summed E-state index contributed by atoms with van der Waals surface area (Å²) in [7, 11) is 1.58. The van der Waals surface area contributed by atoms with E-state index in [2.05, 4.69) is 0 Å². The van der Waals surface area contributed by atoms with Gasteiger partial charge in [-0.3, -0.25) is 9.59 Å². The third-order valence-electron chi connectivity index (χ3n) is 5.13. The number of amides is 2. The van der Waals surface area contributed by atoms with Crippen molar-refractivity contribution in [3.63, 3.8) is 0 Å². The topological polar surface area (TPSA) is 49.9 Å². The Balaban J connectivity index is 1.82. The maximum absolute atomic E-state index is 13.1. The van der Waals surface area contributed by atoms with E-state index < -0.39 is 0 Å². The molecule has 2 aliphatic heterocycles. The molecule has 0 aliphatic carbocycles. The maximum Gasteiger partial charge on any atom is 0.258 e. The molecular weight excluding hydrogens is 304 g/mol. The molecule has 2 amide bonds. The fraction of sp³-hybridized carbons (Fsp3) is 0.579. The molecule has 0 radical (unpaired) electrons. The lowest BCUT2D eigenvalue weighted by Gasteiger charge is -2.33. The third-order valence-corrected chi connectivity index (χ3v) is 5.13. The van der Waals surface area contributed by atoms with Crippen LogP contribution in [0.25, 0.3) is 0 Å². The summed E-state index contributed by atoms with van der Waals surface area (Å²) < 4.78 is 5.38. The molecule has 1 aromatic carbocycles. The zero-order valence-corrected chi connectivity index (χ0v) is 14.6. The first-order valence-electron chi connectivity index (χ1n) is 8.87. The van der Waals surface area contributed by atoms with Crippen LogP contribution in [0.15, 0.2) is 18.2 Å². The number of carbonyl (C=O) groups is 2. The standard InChI is InChI=1S/C19H26N2O3/c1-14-8-6-10-16(24-2)17(14)19(23)21-13-7-9-15(21)18(22)20-11-4-3-5-12-20/h6,8,10,15H,3-5,7,9,11-13H2,1-2H3/t15-/m0/s1. The Hall–Kier alpha value is -2.04. The number of rotatable bonds is 3. The molecule has 2 aliphatic rings. The minimum absolute atomic E-state index is 0.0854. The number of hydrogen-bond acceptors (Lipinski definition) is 3. The van der Waals surface area contributed by atoms with Crippen molar-refractivity contribution in [2.24, 2.45) is 0 Å². The van der Waals surface area contributed by atoms with Crippen molar-refractivity contribution in [1.29, 1.82) is 0 Å². The van der Waals surface area contributed by atoms with Crippen LogP contribution in [0.3, 0.4) is 0 Å². The molecule has 1 aromatic rings. The second-order valence-electron chi connectivity index (χ2n) is 6.69. The number of nitrogens with zero attached hydrogens (tertiary/aromatic N) is 2. The van der Waals surface area contributed by atoms with Crippen molar-refractivity contribution in [3.8, 4) is 5.75 Å². The van der Waals surface area contributed by atoms with Gasteiger partial charge in [0.25, 0.3) is 5.91 Å². The van der Waals surface area contributed by atoms with Gasteiger partial charge in [-0.25, -0.2) is 0 Å². The third kappa shape index (κ3) is 3.12. The molecule has 0 saturated carbocycles. The molecule has 3 rings (SSSR count). The number of methoxy groups -OCH3 is 1. The van der Waals surface area contributed by atoms with Crippen LogP contribution >= 0.6 is 0 Å². The van der Waals surface area contributed by atoms with Gasteiger partial charge in [0.05, 0.1) is 12.7 Å². The molecule has 0 unspecified atom stereocenters. The van der Waals surface area contributed by atoms with Crippen LogP contribution in [0.1, 0.15) is 48.0 Å². The molecule has 2 saturated heterocycles. The largest absolute Gasteiger partial charge is 0.496 e. The number of piperidine rings is 1. The van der Waals surface area contributed by atoms with Crippen LogP contribution in [-0.4, -0.2) is 54.4 Å². The highest BCUT2D eigenvalue weighted by atomic mass is 16.5. The number of benzene rings is 1. The van der Waals surface area contributed by atoms with E-state index in [-0.39, 0.29) is 17.9 Å². The van der Waals surface area contributed by atoms with E-state index in [1.807, 2.05) is 24.0 Å². The number of hydrogen-bond donors (Lipinski definition) is 0. The van der Waals surface area contributed by atoms with Crippen LogP contribution in [-0.2, 0) is 4.79 Å². The van der Waals surface area contributed by atoms with E-state index >= 15 is 0 Å². The number of aryl methyl sites for hydroxylation is 1. The second-order valence-corrected chi connectivity index (χ2v) is 6.69. The van der Waals surface area contributed by atoms with Crippen LogP contribution < -0.4 is 4.74 Å². The molecule has 0 bridgehead atoms. The lowest BCUT2D eigenvalue weighted by molar-refractivity contribution is -0.136. The summed E-state index contributed by atoms with van der Waals surface area (Å²) in [4.78, 5) is 29.7. The highest BCUT2D eigenvalue weighted by Gasteiger charge is 2.38. The lowest BCUT2D eigenvalue weighted by Crippen LogP contribution is -2.49. The Morgan fingerprint density at radius 2 is 1.83 bits per heavy atom. The summed E-state index contributed by atoms with van der Waals surface area (Å²) in [6.45, 7) is 4.20. The van der Waals surface area contributed by atoms with Gasteiger partial charge in [0.2, 0.25) is 5.91 Å². The van der Waals surface area contributed by atoms with Gasteiger partial charge in [-0.2, -0.15) is 0 Å². The molecule has 2 fully saturated rings. The second kappa shape index (κ2) is 7.24. The maximum atomic E-state index is 13.1. The SMILES string of the molecule is COc1cccc(C)c1C(=O)N1CCC[C@H]1C(=O)N1CCCCC1. The van der Waals surface area contributed by atoms with Crippen LogP contribution in [0.2, 0.25) is 0 Å². The molecule has 0 aromatic heterocycles. The van der Waals surface area contributed by atoms with Crippen LogP contribution in [0.5, 0.6) is 5.75 Å². The van der Waals surface area contributed by atoms with Crippen LogP contribution in [0.4, 0.5) is 0 Å². The number of likely N-dealkylation sites (tertiary alicyclic amines) is 2. The Bertz CT molecular complexity index is 623. The summed E-state index contributed by atoms with van der Waals surface area (Å²) in [5.74, 6) is 0.613. The zero-order valence-electron chi connectivity index (χ0n) is 14.6. The average molecular weight is 330 g/mol. The van der Waals surface area contributed by atoms with Gasteiger partial charge in [-0.05, 0) is 50.7 Å². The predicted molar refractivity (Wildman–Crippen MR) is 92.2 cm³/mol. The number of carbonyl (C=O) groups excluding carboxylic acids is 2. The van der Waals surface area contributed by atoms with Gasteiger partial charge in [-0.15, -0.1) is 0 Å². The average Bonchev–Trinajstić information content (AvgIpc) is 3.10. The predicted octanol–water partition coefficient (Wildman–Crippen LogP) is 2.62. The smallest absolute Gasteiger partial charge is 0.258 e. The highest BCUT2D eigenvalue weighted by molar-refractivity contribution is 6.01. The molecule has 24 heavy (non-hydrogen) atoms. The molecule has 130 valence electrons. The van der Waals surface area contributed by atoms with E-state index in [4.69, 9.17) is 4.74 Å². The van der Waals surface area contributed by atoms with E-state index in [0.717, 1.165) is 44.3 Å². The molecule has 1 atom stereocenters. The monoisotopic (exact) mass is 330 g/mol. The van der Waals surface area contributed by atoms with Crippen molar-refractivity contribution < 1.29 is 14.3 Å². The summed E-state index contributed by atoms with van der Waals surface area (Å²) >= 11 is 0. The minimum Gasteiger partial charge on any atom is -0.496 e. The van der Waals surface area contributed by atoms with Gasteiger partial charge in [-0.1, -0.05) is 12.1 Å². The molecule has 5 heteroatoms. The molecule has 2 heterocycles. The molecular formula is C19H26N2O3.